The van der Waals surface area contributed by atoms with Crippen LogP contribution in [0, 0.1) is 57.7 Å². The second-order valence-electron chi connectivity index (χ2n) is 11.9. The molecule has 0 spiro atoms. The van der Waals surface area contributed by atoms with E-state index >= 15 is 0 Å². The second kappa shape index (κ2) is 6.05. The molecule has 0 aliphatic heterocycles. The molecule has 0 radical (unpaired) electrons. The average molecular weight is 385 g/mol. The van der Waals surface area contributed by atoms with Gasteiger partial charge in [0.05, 0.1) is 0 Å². The van der Waals surface area contributed by atoms with Crippen LogP contribution in [0.1, 0.15) is 81.1 Å². The van der Waals surface area contributed by atoms with Crippen LogP contribution in [0.3, 0.4) is 0 Å². The summed E-state index contributed by atoms with van der Waals surface area (Å²) in [6.45, 7) is 18.8. The van der Waals surface area contributed by atoms with Gasteiger partial charge in [-0.15, -0.1) is 0 Å². The van der Waals surface area contributed by atoms with E-state index in [-0.39, 0.29) is 22.2 Å². The number of ketones is 2. The summed E-state index contributed by atoms with van der Waals surface area (Å²) < 4.78 is 0. The minimum Gasteiger partial charge on any atom is -0.300 e. The van der Waals surface area contributed by atoms with E-state index in [0.29, 0.717) is 53.5 Å². The lowest BCUT2D eigenvalue weighted by Gasteiger charge is -2.69. The monoisotopic (exact) mass is 384 g/mol. The highest BCUT2D eigenvalue weighted by atomic mass is 16.1. The van der Waals surface area contributed by atoms with Crippen molar-refractivity contribution in [3.05, 3.63) is 11.6 Å². The van der Waals surface area contributed by atoms with E-state index in [1.165, 1.54) is 18.4 Å². The molecule has 156 valence electrons. The molecule has 0 heterocycles. The van der Waals surface area contributed by atoms with Crippen molar-refractivity contribution < 1.29 is 9.59 Å². The minimum absolute atomic E-state index is 0.0849. The van der Waals surface area contributed by atoms with Crippen molar-refractivity contribution in [3.63, 3.8) is 0 Å². The van der Waals surface area contributed by atoms with Gasteiger partial charge in [0.1, 0.15) is 5.78 Å². The molecule has 0 saturated heterocycles. The molecule has 0 amide bonds. The predicted octanol–water partition coefficient (Wildman–Crippen LogP) is 6.10. The van der Waals surface area contributed by atoms with Crippen LogP contribution in [0.5, 0.6) is 0 Å². The summed E-state index contributed by atoms with van der Waals surface area (Å²) >= 11 is 0. The lowest BCUT2D eigenvalue weighted by molar-refractivity contribution is -0.178. The minimum atomic E-state index is 0.0849. The number of fused-ring (bicyclic) bond motifs is 5. The molecule has 4 unspecified atom stereocenters. The zero-order valence-corrected chi connectivity index (χ0v) is 19.3. The van der Waals surface area contributed by atoms with Gasteiger partial charge in [-0.1, -0.05) is 54.0 Å². The van der Waals surface area contributed by atoms with Gasteiger partial charge >= 0.3 is 0 Å². The normalized spacial score (nSPS) is 55.8. The summed E-state index contributed by atoms with van der Waals surface area (Å²) in [6, 6.07) is 0. The Morgan fingerprint density at radius 3 is 2.25 bits per heavy atom. The largest absolute Gasteiger partial charge is 0.300 e. The molecule has 2 heteroatoms. The van der Waals surface area contributed by atoms with Gasteiger partial charge in [0.25, 0.3) is 0 Å². The third-order valence-electron chi connectivity index (χ3n) is 10.9. The van der Waals surface area contributed by atoms with Gasteiger partial charge in [-0.3, -0.25) is 9.59 Å². The Morgan fingerprint density at radius 2 is 1.64 bits per heavy atom. The third kappa shape index (κ3) is 2.21. The summed E-state index contributed by atoms with van der Waals surface area (Å²) in [5.41, 5.74) is 1.85. The fraction of sp³-hybridized carbons (Fsp3) is 0.846. The number of carbonyl (C=O) groups is 2. The number of hydrogen-bond donors (Lipinski definition) is 0. The molecule has 0 aromatic carbocycles. The maximum atomic E-state index is 12.7. The van der Waals surface area contributed by atoms with Gasteiger partial charge in [0.2, 0.25) is 0 Å². The first-order valence-electron chi connectivity index (χ1n) is 11.6. The second-order valence-corrected chi connectivity index (χ2v) is 11.9. The van der Waals surface area contributed by atoms with Gasteiger partial charge in [0, 0.05) is 12.3 Å². The Balaban J connectivity index is 1.87. The van der Waals surface area contributed by atoms with Gasteiger partial charge in [-0.2, -0.15) is 0 Å². The van der Waals surface area contributed by atoms with Crippen molar-refractivity contribution in [3.8, 4) is 0 Å². The standard InChI is InChI=1S/C26H40O2/c1-14-9-22-21-10-15(2)23(18(5)27)24(21,6)13-17(4)26(22,8)25(7)16(3)11-19(28)12-20(14)25/h12,14-17,21-23H,9-11,13H2,1-8H3/t14-,15?,16?,17-,21?,22?,23+,24-,25-,26-/m0/s1. The molecule has 0 N–H and O–H groups in total. The zero-order valence-electron chi connectivity index (χ0n) is 19.3. The van der Waals surface area contributed by atoms with E-state index in [9.17, 15) is 9.59 Å². The van der Waals surface area contributed by atoms with Crippen molar-refractivity contribution >= 4 is 11.6 Å². The van der Waals surface area contributed by atoms with Crippen molar-refractivity contribution in [2.75, 3.05) is 0 Å². The van der Waals surface area contributed by atoms with Gasteiger partial charge < -0.3 is 0 Å². The van der Waals surface area contributed by atoms with Crippen LogP contribution >= 0.6 is 0 Å². The quantitative estimate of drug-likeness (QED) is 0.547. The van der Waals surface area contributed by atoms with Crippen molar-refractivity contribution in [1.29, 1.82) is 0 Å². The summed E-state index contributed by atoms with van der Waals surface area (Å²) in [6.07, 6.45) is 6.25. The molecule has 4 rings (SSSR count). The number of carbonyl (C=O) groups excluding carboxylic acids is 2. The van der Waals surface area contributed by atoms with Gasteiger partial charge in [-0.05, 0) is 84.0 Å². The van der Waals surface area contributed by atoms with Crippen LogP contribution in [-0.2, 0) is 9.59 Å². The third-order valence-corrected chi connectivity index (χ3v) is 10.9. The van der Waals surface area contributed by atoms with Crippen LogP contribution in [0.15, 0.2) is 11.6 Å². The molecule has 0 aromatic rings. The van der Waals surface area contributed by atoms with Gasteiger partial charge in [-0.25, -0.2) is 0 Å². The number of rotatable bonds is 1. The first-order chi connectivity index (χ1) is 12.9. The molecule has 0 aromatic heterocycles. The molecular weight excluding hydrogens is 344 g/mol. The Labute approximate surface area is 171 Å². The lowest BCUT2D eigenvalue weighted by atomic mass is 9.35. The van der Waals surface area contributed by atoms with Crippen molar-refractivity contribution in [2.45, 2.75) is 81.1 Å². The highest BCUT2D eigenvalue weighted by molar-refractivity contribution is 5.92. The van der Waals surface area contributed by atoms with Crippen LogP contribution in [0.2, 0.25) is 0 Å². The van der Waals surface area contributed by atoms with E-state index < -0.39 is 0 Å². The highest BCUT2D eigenvalue weighted by Crippen LogP contribution is 2.75. The number of allylic oxidation sites excluding steroid dienone is 1. The molecule has 4 aliphatic carbocycles. The average Bonchev–Trinajstić information content (AvgIpc) is 2.83. The molecule has 3 saturated carbocycles. The molecule has 3 fully saturated rings. The van der Waals surface area contributed by atoms with Gasteiger partial charge in [0.15, 0.2) is 5.78 Å². The highest BCUT2D eigenvalue weighted by Gasteiger charge is 2.69. The Morgan fingerprint density at radius 1 is 1.00 bits per heavy atom. The smallest absolute Gasteiger partial charge is 0.155 e. The Hall–Kier alpha value is -0.920. The summed E-state index contributed by atoms with van der Waals surface area (Å²) in [5, 5.41) is 0. The maximum Gasteiger partial charge on any atom is 0.155 e. The topological polar surface area (TPSA) is 34.1 Å². The van der Waals surface area contributed by atoms with E-state index in [2.05, 4.69) is 48.5 Å². The number of Topliss-reactive ketones (excluding diaryl/α,β-unsaturated/α-hetero) is 1. The summed E-state index contributed by atoms with van der Waals surface area (Å²) in [4.78, 5) is 25.1. The fourth-order valence-corrected chi connectivity index (χ4v) is 9.59. The van der Waals surface area contributed by atoms with Crippen molar-refractivity contribution in [1.82, 2.24) is 0 Å². The molecule has 2 nitrogen and oxygen atoms in total. The first-order valence-corrected chi connectivity index (χ1v) is 11.6. The fourth-order valence-electron chi connectivity index (χ4n) is 9.59. The van der Waals surface area contributed by atoms with Crippen molar-refractivity contribution in [2.24, 2.45) is 57.7 Å². The van der Waals surface area contributed by atoms with Crippen LogP contribution in [-0.4, -0.2) is 11.6 Å². The predicted molar refractivity (Wildman–Crippen MR) is 114 cm³/mol. The van der Waals surface area contributed by atoms with Crippen LogP contribution < -0.4 is 0 Å². The van der Waals surface area contributed by atoms with E-state index in [1.807, 2.05) is 13.0 Å². The Bertz CT molecular complexity index is 750. The maximum absolute atomic E-state index is 12.7. The summed E-state index contributed by atoms with van der Waals surface area (Å²) in [7, 11) is 0. The summed E-state index contributed by atoms with van der Waals surface area (Å²) in [5.74, 6) is 4.13. The Kier molecular flexibility index (Phi) is 4.40. The van der Waals surface area contributed by atoms with Crippen LogP contribution in [0.4, 0.5) is 0 Å². The van der Waals surface area contributed by atoms with E-state index in [1.54, 1.807) is 0 Å². The molecule has 10 atom stereocenters. The van der Waals surface area contributed by atoms with Crippen LogP contribution in [0.25, 0.3) is 0 Å². The lowest BCUT2D eigenvalue weighted by Crippen LogP contribution is -2.63. The molecule has 4 aliphatic rings. The molecule has 0 bridgehead atoms. The first kappa shape index (κ1) is 20.4. The molecule has 28 heavy (non-hydrogen) atoms. The zero-order chi connectivity index (χ0) is 20.8. The molecular formula is C26H40O2. The van der Waals surface area contributed by atoms with E-state index in [0.717, 1.165) is 6.42 Å². The number of hydrogen-bond acceptors (Lipinski definition) is 2. The van der Waals surface area contributed by atoms with E-state index in [4.69, 9.17) is 0 Å². The SMILES string of the molecule is CC(=O)[C@H]1C(C)CC2C3C[C@H](C)C4=CC(=O)CC(C)[C@]4(C)[C@@]3(C)[C@@H](C)C[C@@]21C.